The van der Waals surface area contributed by atoms with E-state index in [1.165, 1.54) is 38.2 Å². The first kappa shape index (κ1) is 22.0. The van der Waals surface area contributed by atoms with Gasteiger partial charge < -0.3 is 8.82 Å². The minimum Gasteiger partial charge on any atom is -0.456 e. The van der Waals surface area contributed by atoms with Crippen LogP contribution in [0.5, 0.6) is 0 Å². The lowest BCUT2D eigenvalue weighted by molar-refractivity contribution is 0.669. The smallest absolute Gasteiger partial charge is 0.235 e. The zero-order valence-corrected chi connectivity index (χ0v) is 23.0. The molecule has 5 heteroatoms. The molecule has 0 bridgehead atoms. The molecule has 1 aliphatic rings. The fourth-order valence-electron chi connectivity index (χ4n) is 7.79. The van der Waals surface area contributed by atoms with E-state index in [-0.39, 0.29) is 0 Å². The van der Waals surface area contributed by atoms with Gasteiger partial charge in [-0.1, -0.05) is 66.8 Å². The average molecular weight is 551 g/mol. The SMILES string of the molecule is C1=CCCC(c2nc(-n3c4ccc5oc6cccc7c6c5c4c4c3ccc3c5ccccc5n7c34)nc3ccccc23)=C1. The Morgan fingerprint density at radius 1 is 0.605 bits per heavy atom. The Balaban J connectivity index is 1.40. The second-order valence-electron chi connectivity index (χ2n) is 11.7. The molecular weight excluding hydrogens is 528 g/mol. The Morgan fingerprint density at radius 3 is 2.35 bits per heavy atom. The first-order chi connectivity index (χ1) is 21.3. The predicted molar refractivity (Wildman–Crippen MR) is 176 cm³/mol. The van der Waals surface area contributed by atoms with Crippen LogP contribution in [0.3, 0.4) is 0 Å². The number of aromatic nitrogens is 4. The molecule has 0 amide bonds. The largest absolute Gasteiger partial charge is 0.456 e. The van der Waals surface area contributed by atoms with Gasteiger partial charge in [-0.15, -0.1) is 0 Å². The number of hydrogen-bond donors (Lipinski definition) is 0. The van der Waals surface area contributed by atoms with Crippen LogP contribution in [0.2, 0.25) is 0 Å². The Kier molecular flexibility index (Phi) is 3.88. The monoisotopic (exact) mass is 550 g/mol. The van der Waals surface area contributed by atoms with Gasteiger partial charge in [0, 0.05) is 32.3 Å². The molecule has 0 aliphatic heterocycles. The van der Waals surface area contributed by atoms with Crippen molar-refractivity contribution in [2.24, 2.45) is 0 Å². The molecule has 5 heterocycles. The number of hydrogen-bond acceptors (Lipinski definition) is 3. The van der Waals surface area contributed by atoms with E-state index in [0.29, 0.717) is 5.95 Å². The van der Waals surface area contributed by atoms with E-state index in [0.717, 1.165) is 67.9 Å². The number of rotatable bonds is 2. The molecule has 11 rings (SSSR count). The van der Waals surface area contributed by atoms with Gasteiger partial charge in [-0.2, -0.15) is 0 Å². The summed E-state index contributed by atoms with van der Waals surface area (Å²) in [6.45, 7) is 0. The van der Waals surface area contributed by atoms with Crippen molar-refractivity contribution in [3.05, 3.63) is 115 Å². The summed E-state index contributed by atoms with van der Waals surface area (Å²) in [4.78, 5) is 10.6. The summed E-state index contributed by atoms with van der Waals surface area (Å²) in [6, 6.07) is 32.4. The Morgan fingerprint density at radius 2 is 1.42 bits per heavy atom. The van der Waals surface area contributed by atoms with Crippen LogP contribution in [0, 0.1) is 0 Å². The van der Waals surface area contributed by atoms with Crippen LogP contribution in [0.25, 0.3) is 93.5 Å². The van der Waals surface area contributed by atoms with Crippen LogP contribution < -0.4 is 0 Å². The summed E-state index contributed by atoms with van der Waals surface area (Å²) in [5.74, 6) is 0.694. The van der Waals surface area contributed by atoms with Crippen molar-refractivity contribution in [3.8, 4) is 5.95 Å². The quantitative estimate of drug-likeness (QED) is 0.215. The summed E-state index contributed by atoms with van der Waals surface area (Å²) < 4.78 is 11.2. The lowest BCUT2D eigenvalue weighted by Gasteiger charge is -2.14. The van der Waals surface area contributed by atoms with Crippen molar-refractivity contribution < 1.29 is 4.42 Å². The summed E-state index contributed by atoms with van der Waals surface area (Å²) in [7, 11) is 0. The summed E-state index contributed by atoms with van der Waals surface area (Å²) >= 11 is 0. The van der Waals surface area contributed by atoms with Crippen LogP contribution in [0.1, 0.15) is 18.5 Å². The third kappa shape index (κ3) is 2.60. The highest BCUT2D eigenvalue weighted by Crippen LogP contribution is 2.48. The molecule has 0 spiro atoms. The van der Waals surface area contributed by atoms with Crippen molar-refractivity contribution in [2.75, 3.05) is 0 Å². The lowest BCUT2D eigenvalue weighted by Crippen LogP contribution is -2.05. The van der Waals surface area contributed by atoms with Gasteiger partial charge in [0.15, 0.2) is 0 Å². The van der Waals surface area contributed by atoms with Crippen molar-refractivity contribution in [2.45, 2.75) is 12.8 Å². The van der Waals surface area contributed by atoms with Crippen LogP contribution in [0.15, 0.2) is 114 Å². The molecule has 0 saturated carbocycles. The third-order valence-corrected chi connectivity index (χ3v) is 9.52. The highest BCUT2D eigenvalue weighted by Gasteiger charge is 2.27. The zero-order valence-electron chi connectivity index (χ0n) is 23.0. The van der Waals surface area contributed by atoms with Gasteiger partial charge in [-0.3, -0.25) is 4.57 Å². The Bertz CT molecular complexity index is 2840. The summed E-state index contributed by atoms with van der Waals surface area (Å²) in [6.07, 6.45) is 8.56. The number of benzene rings is 5. The Labute approximate surface area is 244 Å². The number of allylic oxidation sites excluding steroid dienone is 4. The zero-order chi connectivity index (χ0) is 27.8. The molecule has 1 aliphatic carbocycles. The molecule has 200 valence electrons. The maximum absolute atomic E-state index is 6.51. The predicted octanol–water partition coefficient (Wildman–Crippen LogP) is 9.79. The van der Waals surface area contributed by atoms with Gasteiger partial charge in [0.2, 0.25) is 5.95 Å². The van der Waals surface area contributed by atoms with E-state index >= 15 is 0 Å². The van der Waals surface area contributed by atoms with Gasteiger partial charge in [0.05, 0.1) is 44.2 Å². The first-order valence-electron chi connectivity index (χ1n) is 14.8. The highest BCUT2D eigenvalue weighted by molar-refractivity contribution is 6.37. The van der Waals surface area contributed by atoms with E-state index in [4.69, 9.17) is 14.4 Å². The third-order valence-electron chi connectivity index (χ3n) is 9.52. The fraction of sp³-hybridized carbons (Fsp3) is 0.0526. The number of para-hydroxylation sites is 2. The van der Waals surface area contributed by atoms with Crippen molar-refractivity contribution in [3.63, 3.8) is 0 Å². The maximum Gasteiger partial charge on any atom is 0.235 e. The standard InChI is InChI=1S/C38H22N4O/c1-2-9-21(10-3-1)36-24-12-4-6-13-25(24)39-38(40-36)42-28-19-20-31-35-32-27(15-8-16-30(32)43-31)41-26-14-7-5-11-22(26)23-17-18-29(42)34(33(28)35)37(23)41/h1-2,4-9,11-20H,3,10H2. The number of nitrogens with zero attached hydrogens (tertiary/aromatic N) is 4. The topological polar surface area (TPSA) is 48.3 Å². The van der Waals surface area contributed by atoms with E-state index in [2.05, 4.69) is 118 Å². The molecule has 0 radical (unpaired) electrons. The molecule has 0 fully saturated rings. The molecule has 5 aromatic heterocycles. The van der Waals surface area contributed by atoms with Gasteiger partial charge in [-0.05, 0) is 60.9 Å². The molecule has 0 unspecified atom stereocenters. The molecule has 43 heavy (non-hydrogen) atoms. The fourth-order valence-corrected chi connectivity index (χ4v) is 7.79. The molecule has 10 aromatic rings. The molecular formula is C38H22N4O. The second-order valence-corrected chi connectivity index (χ2v) is 11.7. The maximum atomic E-state index is 6.51. The van der Waals surface area contributed by atoms with Gasteiger partial charge in [-0.25, -0.2) is 9.97 Å². The van der Waals surface area contributed by atoms with Crippen LogP contribution in [0.4, 0.5) is 0 Å². The Hall–Kier alpha value is -5.68. The lowest BCUT2D eigenvalue weighted by atomic mass is 9.99. The van der Waals surface area contributed by atoms with Crippen LogP contribution in [-0.4, -0.2) is 18.9 Å². The van der Waals surface area contributed by atoms with Crippen molar-refractivity contribution >= 4 is 87.5 Å². The van der Waals surface area contributed by atoms with E-state index in [1.54, 1.807) is 0 Å². The van der Waals surface area contributed by atoms with E-state index in [1.807, 2.05) is 0 Å². The minimum absolute atomic E-state index is 0.694. The van der Waals surface area contributed by atoms with E-state index in [9.17, 15) is 0 Å². The van der Waals surface area contributed by atoms with Crippen LogP contribution >= 0.6 is 0 Å². The molecule has 5 aromatic carbocycles. The van der Waals surface area contributed by atoms with Crippen molar-refractivity contribution in [1.29, 1.82) is 0 Å². The van der Waals surface area contributed by atoms with Gasteiger partial charge >= 0.3 is 0 Å². The first-order valence-corrected chi connectivity index (χ1v) is 14.8. The highest BCUT2D eigenvalue weighted by atomic mass is 16.3. The summed E-state index contributed by atoms with van der Waals surface area (Å²) in [5, 5.41) is 8.31. The molecule has 0 N–H and O–H groups in total. The second kappa shape index (κ2) is 7.58. The summed E-state index contributed by atoms with van der Waals surface area (Å²) in [5.41, 5.74) is 10.8. The van der Waals surface area contributed by atoms with Crippen LogP contribution in [-0.2, 0) is 0 Å². The molecule has 0 saturated heterocycles. The molecule has 0 atom stereocenters. The van der Waals surface area contributed by atoms with Gasteiger partial charge in [0.1, 0.15) is 11.2 Å². The number of fused-ring (bicyclic) bond motifs is 5. The normalized spacial score (nSPS) is 14.4. The van der Waals surface area contributed by atoms with Gasteiger partial charge in [0.25, 0.3) is 0 Å². The number of furan rings is 1. The average Bonchev–Trinajstić information content (AvgIpc) is 3.68. The minimum atomic E-state index is 0.694. The van der Waals surface area contributed by atoms with Crippen molar-refractivity contribution in [1.82, 2.24) is 18.9 Å². The van der Waals surface area contributed by atoms with E-state index < -0.39 is 0 Å². The molecule has 5 nitrogen and oxygen atoms in total.